The Balaban J connectivity index is 2.00. The van der Waals surface area contributed by atoms with E-state index in [9.17, 15) is 0 Å². The van der Waals surface area contributed by atoms with Gasteiger partial charge in [-0.3, -0.25) is 0 Å². The Morgan fingerprint density at radius 1 is 0.920 bits per heavy atom. The Kier molecular flexibility index (Phi) is 5.93. The highest BCUT2D eigenvalue weighted by Gasteiger charge is 2.19. The minimum Gasteiger partial charge on any atom is -0.493 e. The summed E-state index contributed by atoms with van der Waals surface area (Å²) in [5.41, 5.74) is 2.95. The van der Waals surface area contributed by atoms with Gasteiger partial charge in [-0.05, 0) is 36.1 Å². The van der Waals surface area contributed by atoms with Crippen molar-refractivity contribution in [3.05, 3.63) is 53.1 Å². The van der Waals surface area contributed by atoms with Crippen molar-refractivity contribution in [2.45, 2.75) is 33.1 Å². The quantitative estimate of drug-likeness (QED) is 0.720. The zero-order valence-corrected chi connectivity index (χ0v) is 15.6. The minimum atomic E-state index is 0.0125. The summed E-state index contributed by atoms with van der Waals surface area (Å²) in [6.45, 7) is 9.42. The monoisotopic (exact) mass is 339 g/mol. The van der Waals surface area contributed by atoms with Crippen molar-refractivity contribution in [2.75, 3.05) is 20.3 Å². The van der Waals surface area contributed by atoms with Gasteiger partial charge in [0.05, 0.1) is 18.7 Å². The predicted octanol–water partition coefficient (Wildman–Crippen LogP) is 4.63. The SMILES string of the molecule is COc1cc(C#N)ccc1OCCOc1ccc(C)cc1C(C)(C)C. The highest BCUT2D eigenvalue weighted by molar-refractivity contribution is 5.46. The molecular formula is C21H25NO3. The molecule has 4 heteroatoms. The van der Waals surface area contributed by atoms with Crippen LogP contribution in [0.3, 0.4) is 0 Å². The molecule has 2 aromatic rings. The Morgan fingerprint density at radius 2 is 1.56 bits per heavy atom. The van der Waals surface area contributed by atoms with E-state index in [1.54, 1.807) is 25.3 Å². The van der Waals surface area contributed by atoms with E-state index >= 15 is 0 Å². The first kappa shape index (κ1) is 18.7. The molecule has 25 heavy (non-hydrogen) atoms. The highest BCUT2D eigenvalue weighted by Crippen LogP contribution is 2.32. The second-order valence-corrected chi connectivity index (χ2v) is 6.92. The molecule has 2 rings (SSSR count). The Morgan fingerprint density at radius 3 is 2.16 bits per heavy atom. The summed E-state index contributed by atoms with van der Waals surface area (Å²) in [5, 5.41) is 8.93. The van der Waals surface area contributed by atoms with Crippen LogP contribution in [-0.2, 0) is 5.41 Å². The van der Waals surface area contributed by atoms with E-state index in [4.69, 9.17) is 19.5 Å². The van der Waals surface area contributed by atoms with E-state index in [1.807, 2.05) is 6.07 Å². The van der Waals surface area contributed by atoms with E-state index < -0.39 is 0 Å². The Bertz CT molecular complexity index is 770. The topological polar surface area (TPSA) is 51.5 Å². The number of nitrogens with zero attached hydrogens (tertiary/aromatic N) is 1. The molecule has 0 aromatic heterocycles. The van der Waals surface area contributed by atoms with Crippen LogP contribution >= 0.6 is 0 Å². The van der Waals surface area contributed by atoms with Gasteiger partial charge in [-0.2, -0.15) is 5.26 Å². The molecular weight excluding hydrogens is 314 g/mol. The van der Waals surface area contributed by atoms with Crippen molar-refractivity contribution in [1.29, 1.82) is 5.26 Å². The molecule has 0 unspecified atom stereocenters. The van der Waals surface area contributed by atoms with Crippen LogP contribution in [0.2, 0.25) is 0 Å². The van der Waals surface area contributed by atoms with Crippen LogP contribution in [-0.4, -0.2) is 20.3 Å². The van der Waals surface area contributed by atoms with Crippen molar-refractivity contribution >= 4 is 0 Å². The van der Waals surface area contributed by atoms with Crippen molar-refractivity contribution in [1.82, 2.24) is 0 Å². The molecule has 0 aliphatic rings. The molecule has 0 bridgehead atoms. The molecule has 0 saturated carbocycles. The van der Waals surface area contributed by atoms with E-state index in [2.05, 4.69) is 45.9 Å². The van der Waals surface area contributed by atoms with E-state index in [0.717, 1.165) is 5.75 Å². The van der Waals surface area contributed by atoms with Gasteiger partial charge in [-0.25, -0.2) is 0 Å². The molecule has 132 valence electrons. The van der Waals surface area contributed by atoms with Crippen LogP contribution < -0.4 is 14.2 Å². The van der Waals surface area contributed by atoms with E-state index in [-0.39, 0.29) is 5.41 Å². The predicted molar refractivity (Wildman–Crippen MR) is 98.6 cm³/mol. The molecule has 0 radical (unpaired) electrons. The number of nitriles is 1. The van der Waals surface area contributed by atoms with Gasteiger partial charge in [0.25, 0.3) is 0 Å². The maximum Gasteiger partial charge on any atom is 0.162 e. The maximum atomic E-state index is 8.93. The van der Waals surface area contributed by atoms with E-state index in [0.29, 0.717) is 30.3 Å². The second kappa shape index (κ2) is 7.94. The zero-order valence-electron chi connectivity index (χ0n) is 15.6. The summed E-state index contributed by atoms with van der Waals surface area (Å²) in [4.78, 5) is 0. The maximum absolute atomic E-state index is 8.93. The standard InChI is InChI=1S/C21H25NO3/c1-15-6-8-18(17(12-15)21(2,3)4)24-10-11-25-19-9-7-16(14-22)13-20(19)23-5/h6-9,12-13H,10-11H2,1-5H3. The summed E-state index contributed by atoms with van der Waals surface area (Å²) >= 11 is 0. The fourth-order valence-corrected chi connectivity index (χ4v) is 2.52. The lowest BCUT2D eigenvalue weighted by atomic mass is 9.85. The molecule has 0 amide bonds. The summed E-state index contributed by atoms with van der Waals surface area (Å²) in [5.74, 6) is 2.03. The summed E-state index contributed by atoms with van der Waals surface area (Å²) in [6.07, 6.45) is 0. The zero-order chi connectivity index (χ0) is 18.4. The fraction of sp³-hybridized carbons (Fsp3) is 0.381. The van der Waals surface area contributed by atoms with Gasteiger partial charge in [-0.1, -0.05) is 38.5 Å². The van der Waals surface area contributed by atoms with Gasteiger partial charge in [0.15, 0.2) is 11.5 Å². The average molecular weight is 339 g/mol. The molecule has 0 spiro atoms. The molecule has 0 fully saturated rings. The third-order valence-corrected chi connectivity index (χ3v) is 3.83. The van der Waals surface area contributed by atoms with Crippen LogP contribution in [0.1, 0.15) is 37.5 Å². The van der Waals surface area contributed by atoms with Gasteiger partial charge in [0.2, 0.25) is 0 Å². The second-order valence-electron chi connectivity index (χ2n) is 6.92. The number of ether oxygens (including phenoxy) is 3. The largest absolute Gasteiger partial charge is 0.493 e. The molecule has 0 atom stereocenters. The average Bonchev–Trinajstić information content (AvgIpc) is 2.58. The highest BCUT2D eigenvalue weighted by atomic mass is 16.5. The van der Waals surface area contributed by atoms with Crippen LogP contribution in [0.25, 0.3) is 0 Å². The van der Waals surface area contributed by atoms with E-state index in [1.165, 1.54) is 11.1 Å². The number of hydrogen-bond donors (Lipinski definition) is 0. The molecule has 4 nitrogen and oxygen atoms in total. The van der Waals surface area contributed by atoms with Crippen LogP contribution in [0, 0.1) is 18.3 Å². The van der Waals surface area contributed by atoms with Crippen molar-refractivity contribution in [3.63, 3.8) is 0 Å². The van der Waals surface area contributed by atoms with Gasteiger partial charge in [0.1, 0.15) is 19.0 Å². The van der Waals surface area contributed by atoms with Crippen molar-refractivity contribution < 1.29 is 14.2 Å². The normalized spacial score (nSPS) is 10.9. The first-order chi connectivity index (χ1) is 11.8. The third-order valence-electron chi connectivity index (χ3n) is 3.83. The molecule has 0 heterocycles. The Labute approximate surface area is 150 Å². The fourth-order valence-electron chi connectivity index (χ4n) is 2.52. The molecule has 0 N–H and O–H groups in total. The summed E-state index contributed by atoms with van der Waals surface area (Å²) in [7, 11) is 1.56. The number of aryl methyl sites for hydroxylation is 1. The van der Waals surface area contributed by atoms with Crippen molar-refractivity contribution in [3.8, 4) is 23.3 Å². The number of hydrogen-bond acceptors (Lipinski definition) is 4. The first-order valence-corrected chi connectivity index (χ1v) is 8.30. The number of benzene rings is 2. The lowest BCUT2D eigenvalue weighted by Gasteiger charge is -2.23. The number of methoxy groups -OCH3 is 1. The molecule has 0 aliphatic heterocycles. The van der Waals surface area contributed by atoms with Gasteiger partial charge in [0, 0.05) is 6.07 Å². The van der Waals surface area contributed by atoms with Crippen LogP contribution in [0.15, 0.2) is 36.4 Å². The van der Waals surface area contributed by atoms with Gasteiger partial charge in [-0.15, -0.1) is 0 Å². The van der Waals surface area contributed by atoms with Crippen molar-refractivity contribution in [2.24, 2.45) is 0 Å². The first-order valence-electron chi connectivity index (χ1n) is 8.30. The molecule has 0 aliphatic carbocycles. The smallest absolute Gasteiger partial charge is 0.162 e. The van der Waals surface area contributed by atoms with Crippen LogP contribution in [0.5, 0.6) is 17.2 Å². The minimum absolute atomic E-state index is 0.0125. The lowest BCUT2D eigenvalue weighted by Crippen LogP contribution is -2.16. The van der Waals surface area contributed by atoms with Crippen LogP contribution in [0.4, 0.5) is 0 Å². The summed E-state index contributed by atoms with van der Waals surface area (Å²) in [6, 6.07) is 13.4. The molecule has 2 aromatic carbocycles. The van der Waals surface area contributed by atoms with Gasteiger partial charge >= 0.3 is 0 Å². The van der Waals surface area contributed by atoms with Gasteiger partial charge < -0.3 is 14.2 Å². The summed E-state index contributed by atoms with van der Waals surface area (Å²) < 4.78 is 16.9. The Hall–Kier alpha value is -2.67. The molecule has 0 saturated heterocycles. The lowest BCUT2D eigenvalue weighted by molar-refractivity contribution is 0.208. The number of rotatable bonds is 6. The third kappa shape index (κ3) is 4.90.